The van der Waals surface area contributed by atoms with Crippen LogP contribution in [0.4, 0.5) is 0 Å². The summed E-state index contributed by atoms with van der Waals surface area (Å²) >= 11 is 0. The van der Waals surface area contributed by atoms with E-state index in [4.69, 9.17) is 9.47 Å². The summed E-state index contributed by atoms with van der Waals surface area (Å²) in [6, 6.07) is 0. The average molecular weight is 308 g/mol. The maximum Gasteiger partial charge on any atom is 0.142 e. The van der Waals surface area contributed by atoms with Gasteiger partial charge >= 0.3 is 0 Å². The van der Waals surface area contributed by atoms with Crippen LogP contribution in [0.25, 0.3) is 0 Å². The summed E-state index contributed by atoms with van der Waals surface area (Å²) in [7, 11) is 0. The lowest BCUT2D eigenvalue weighted by molar-refractivity contribution is -0.104. The minimum Gasteiger partial charge on any atom is -0.374 e. The smallest absolute Gasteiger partial charge is 0.142 e. The van der Waals surface area contributed by atoms with Crippen molar-refractivity contribution >= 4 is 6.29 Å². The number of carbonyl (C=O) groups excluding carboxylic acids is 1. The van der Waals surface area contributed by atoms with Crippen LogP contribution in [-0.2, 0) is 14.3 Å². The fourth-order valence-electron chi connectivity index (χ4n) is 2.34. The van der Waals surface area contributed by atoms with Crippen LogP contribution in [0.5, 0.6) is 0 Å². The van der Waals surface area contributed by atoms with Crippen molar-refractivity contribution < 1.29 is 14.3 Å². The molecule has 3 nitrogen and oxygen atoms in total. The van der Waals surface area contributed by atoms with Crippen LogP contribution in [0.15, 0.2) is 34.9 Å². The van der Waals surface area contributed by atoms with E-state index < -0.39 is 0 Å². The molecule has 0 saturated heterocycles. The molecular weight excluding hydrogens is 276 g/mol. The number of hydrogen-bond acceptors (Lipinski definition) is 3. The number of aldehydes is 1. The highest BCUT2D eigenvalue weighted by atomic mass is 16.5. The Morgan fingerprint density at radius 1 is 0.864 bits per heavy atom. The van der Waals surface area contributed by atoms with E-state index in [1.807, 2.05) is 20.8 Å². The van der Waals surface area contributed by atoms with Crippen LogP contribution >= 0.6 is 0 Å². The van der Waals surface area contributed by atoms with Gasteiger partial charge < -0.3 is 9.47 Å². The van der Waals surface area contributed by atoms with Crippen molar-refractivity contribution in [1.82, 2.24) is 0 Å². The molecule has 0 rings (SSSR count). The molecule has 0 fully saturated rings. The second-order valence-corrected chi connectivity index (χ2v) is 5.80. The van der Waals surface area contributed by atoms with Crippen LogP contribution in [0.3, 0.4) is 0 Å². The Kier molecular flexibility index (Phi) is 11.7. The molecule has 3 heteroatoms. The fourth-order valence-corrected chi connectivity index (χ4v) is 2.34. The molecule has 0 bridgehead atoms. The normalized spacial score (nSPS) is 15.4. The van der Waals surface area contributed by atoms with Gasteiger partial charge in [-0.25, -0.2) is 0 Å². The molecule has 0 heterocycles. The third kappa shape index (κ3) is 10.5. The molecule has 126 valence electrons. The largest absolute Gasteiger partial charge is 0.374 e. The van der Waals surface area contributed by atoms with Gasteiger partial charge in [-0.1, -0.05) is 28.9 Å². The Morgan fingerprint density at radius 2 is 1.36 bits per heavy atom. The van der Waals surface area contributed by atoms with Crippen LogP contribution in [0.1, 0.15) is 54.4 Å². The van der Waals surface area contributed by atoms with Crippen molar-refractivity contribution in [2.45, 2.75) is 66.6 Å². The van der Waals surface area contributed by atoms with E-state index >= 15 is 0 Å². The topological polar surface area (TPSA) is 35.5 Å². The number of allylic oxidation sites excluding steroid dienone is 2. The molecule has 0 aromatic heterocycles. The van der Waals surface area contributed by atoms with E-state index in [1.165, 1.54) is 11.1 Å². The molecule has 0 aromatic rings. The highest BCUT2D eigenvalue weighted by Gasteiger charge is 2.10. The SMILES string of the molecule is CCOC(C=C(C)C)CC(C)=CC(CC(C)=CC=O)OCC. The standard InChI is InChI=1S/C19H32O3/c1-7-21-18(11-15(3)4)13-17(6)14-19(22-8-2)12-16(5)9-10-20/h9-11,14,18-19H,7-8,12-13H2,1-6H3. The second kappa shape index (κ2) is 12.4. The van der Waals surface area contributed by atoms with Crippen molar-refractivity contribution in [1.29, 1.82) is 0 Å². The van der Waals surface area contributed by atoms with Crippen molar-refractivity contribution in [3.63, 3.8) is 0 Å². The summed E-state index contributed by atoms with van der Waals surface area (Å²) in [6.07, 6.45) is 8.46. The van der Waals surface area contributed by atoms with Gasteiger partial charge in [0.1, 0.15) is 6.29 Å². The first-order valence-electron chi connectivity index (χ1n) is 8.09. The molecule has 0 radical (unpaired) electrons. The monoisotopic (exact) mass is 308 g/mol. The van der Waals surface area contributed by atoms with Gasteiger partial charge in [-0.3, -0.25) is 4.79 Å². The maximum absolute atomic E-state index is 10.5. The van der Waals surface area contributed by atoms with E-state index in [2.05, 4.69) is 32.9 Å². The Balaban J connectivity index is 4.87. The molecule has 0 spiro atoms. The highest BCUT2D eigenvalue weighted by Crippen LogP contribution is 2.16. The van der Waals surface area contributed by atoms with Gasteiger partial charge in [0.15, 0.2) is 0 Å². The van der Waals surface area contributed by atoms with E-state index in [0.717, 1.165) is 24.7 Å². The van der Waals surface area contributed by atoms with E-state index in [1.54, 1.807) is 6.08 Å². The zero-order valence-corrected chi connectivity index (χ0v) is 15.0. The molecule has 0 saturated carbocycles. The van der Waals surface area contributed by atoms with E-state index in [-0.39, 0.29) is 12.2 Å². The molecule has 0 aliphatic heterocycles. The first-order chi connectivity index (χ1) is 10.4. The summed E-state index contributed by atoms with van der Waals surface area (Å²) in [5.41, 5.74) is 3.54. The molecule has 0 aliphatic rings. The van der Waals surface area contributed by atoms with Gasteiger partial charge in [0, 0.05) is 13.2 Å². The van der Waals surface area contributed by atoms with Crippen molar-refractivity contribution in [2.24, 2.45) is 0 Å². The quantitative estimate of drug-likeness (QED) is 0.317. The third-order valence-corrected chi connectivity index (χ3v) is 3.15. The summed E-state index contributed by atoms with van der Waals surface area (Å²) in [4.78, 5) is 10.5. The lowest BCUT2D eigenvalue weighted by Crippen LogP contribution is -2.14. The number of hydrogen-bond donors (Lipinski definition) is 0. The highest BCUT2D eigenvalue weighted by molar-refractivity contribution is 5.65. The van der Waals surface area contributed by atoms with Gasteiger partial charge in [-0.15, -0.1) is 0 Å². The van der Waals surface area contributed by atoms with Crippen molar-refractivity contribution in [3.05, 3.63) is 34.9 Å². The molecule has 2 atom stereocenters. The Morgan fingerprint density at radius 3 is 1.82 bits per heavy atom. The number of rotatable bonds is 11. The van der Waals surface area contributed by atoms with Crippen molar-refractivity contribution in [3.8, 4) is 0 Å². The minimum atomic E-state index is 0.00943. The second-order valence-electron chi connectivity index (χ2n) is 5.80. The van der Waals surface area contributed by atoms with Gasteiger partial charge in [0.2, 0.25) is 0 Å². The predicted octanol–water partition coefficient (Wildman–Crippen LogP) is 4.63. The number of carbonyl (C=O) groups is 1. The Labute approximate surface area is 136 Å². The molecule has 0 aromatic carbocycles. The first-order valence-corrected chi connectivity index (χ1v) is 8.09. The van der Waals surface area contributed by atoms with Crippen LogP contribution in [-0.4, -0.2) is 31.7 Å². The van der Waals surface area contributed by atoms with Crippen LogP contribution in [0.2, 0.25) is 0 Å². The minimum absolute atomic E-state index is 0.00943. The molecule has 0 N–H and O–H groups in total. The van der Waals surface area contributed by atoms with Gasteiger partial charge in [-0.2, -0.15) is 0 Å². The third-order valence-electron chi connectivity index (χ3n) is 3.15. The molecule has 2 unspecified atom stereocenters. The Bertz CT molecular complexity index is 401. The number of ether oxygens (including phenoxy) is 2. The van der Waals surface area contributed by atoms with Gasteiger partial charge in [0.25, 0.3) is 0 Å². The summed E-state index contributed by atoms with van der Waals surface area (Å²) in [6.45, 7) is 13.6. The summed E-state index contributed by atoms with van der Waals surface area (Å²) in [5, 5.41) is 0. The van der Waals surface area contributed by atoms with Crippen LogP contribution in [0, 0.1) is 0 Å². The van der Waals surface area contributed by atoms with E-state index in [9.17, 15) is 4.79 Å². The Hall–Kier alpha value is -1.19. The molecular formula is C19H32O3. The van der Waals surface area contributed by atoms with E-state index in [0.29, 0.717) is 13.2 Å². The van der Waals surface area contributed by atoms with Crippen LogP contribution < -0.4 is 0 Å². The molecule has 0 aliphatic carbocycles. The first kappa shape index (κ1) is 20.8. The zero-order valence-electron chi connectivity index (χ0n) is 15.0. The zero-order chi connectivity index (χ0) is 17.0. The van der Waals surface area contributed by atoms with Gasteiger partial charge in [0.05, 0.1) is 12.2 Å². The molecule has 22 heavy (non-hydrogen) atoms. The van der Waals surface area contributed by atoms with Crippen molar-refractivity contribution in [2.75, 3.05) is 13.2 Å². The predicted molar refractivity (Wildman–Crippen MR) is 93.1 cm³/mol. The average Bonchev–Trinajstić information content (AvgIpc) is 2.38. The fraction of sp³-hybridized carbons (Fsp3) is 0.632. The maximum atomic E-state index is 10.5. The summed E-state index contributed by atoms with van der Waals surface area (Å²) < 4.78 is 11.5. The van der Waals surface area contributed by atoms with Gasteiger partial charge in [-0.05, 0) is 60.5 Å². The molecule has 0 amide bonds. The lowest BCUT2D eigenvalue weighted by atomic mass is 10.0. The summed E-state index contributed by atoms with van der Waals surface area (Å²) in [5.74, 6) is 0. The lowest BCUT2D eigenvalue weighted by Gasteiger charge is -2.18.